The monoisotopic (exact) mass is 339 g/mol. The minimum Gasteiger partial charge on any atom is -0.309 e. The molecule has 3 aromatic rings. The number of amides is 1. The highest BCUT2D eigenvalue weighted by atomic mass is 35.5. The zero-order valence-corrected chi connectivity index (χ0v) is 13.7. The molecule has 6 nitrogen and oxygen atoms in total. The summed E-state index contributed by atoms with van der Waals surface area (Å²) in [5, 5.41) is 17.2. The lowest BCUT2D eigenvalue weighted by Gasteiger charge is -2.10. The fourth-order valence-corrected chi connectivity index (χ4v) is 2.62. The second kappa shape index (κ2) is 6.69. The van der Waals surface area contributed by atoms with Crippen molar-refractivity contribution in [2.24, 2.45) is 0 Å². The van der Waals surface area contributed by atoms with Crippen LogP contribution in [-0.2, 0) is 4.79 Å². The molecule has 0 radical (unpaired) electrons. The molecule has 0 fully saturated rings. The molecular formula is C17H14ClN5O. The van der Waals surface area contributed by atoms with Crippen LogP contribution in [0.4, 0.5) is 5.82 Å². The third-order valence-electron chi connectivity index (χ3n) is 3.60. The number of hydrogen-bond donors (Lipinski definition) is 1. The van der Waals surface area contributed by atoms with Crippen LogP contribution in [-0.4, -0.2) is 26.6 Å². The van der Waals surface area contributed by atoms with Crippen molar-refractivity contribution in [1.82, 2.24) is 14.8 Å². The minimum absolute atomic E-state index is 0.155. The Morgan fingerprint density at radius 1 is 1.42 bits per heavy atom. The Morgan fingerprint density at radius 3 is 2.96 bits per heavy atom. The normalized spacial score (nSPS) is 10.5. The summed E-state index contributed by atoms with van der Waals surface area (Å²) >= 11 is 5.59. The van der Waals surface area contributed by atoms with Gasteiger partial charge in [-0.3, -0.25) is 4.79 Å². The van der Waals surface area contributed by atoms with Gasteiger partial charge in [0.15, 0.2) is 11.6 Å². The number of aromatic nitrogens is 3. The summed E-state index contributed by atoms with van der Waals surface area (Å²) in [5.74, 6) is 0.763. The first-order chi connectivity index (χ1) is 11.6. The highest BCUT2D eigenvalue weighted by Crippen LogP contribution is 2.23. The maximum Gasteiger partial charge on any atom is 0.226 e. The van der Waals surface area contributed by atoms with Crippen LogP contribution in [0.25, 0.3) is 16.7 Å². The largest absolute Gasteiger partial charge is 0.309 e. The van der Waals surface area contributed by atoms with Crippen LogP contribution in [0.5, 0.6) is 0 Å². The van der Waals surface area contributed by atoms with E-state index in [-0.39, 0.29) is 23.8 Å². The number of pyridine rings is 1. The van der Waals surface area contributed by atoms with Gasteiger partial charge in [-0.15, -0.1) is 11.6 Å². The van der Waals surface area contributed by atoms with Gasteiger partial charge in [0.05, 0.1) is 11.7 Å². The van der Waals surface area contributed by atoms with Crippen molar-refractivity contribution < 1.29 is 4.79 Å². The van der Waals surface area contributed by atoms with E-state index in [2.05, 4.69) is 15.4 Å². The standard InChI is InChI=1S/C17H14ClN5O/c1-11-8-15(21-14-5-3-2-4-13(11)14)23-17(12(9-19)10-20-23)22-16(24)6-7-18/h2-5,8,10H,6-7H2,1H3,(H,22,24). The predicted molar refractivity (Wildman–Crippen MR) is 92.3 cm³/mol. The Labute approximate surface area is 143 Å². The third kappa shape index (κ3) is 2.94. The molecule has 0 aliphatic heterocycles. The van der Waals surface area contributed by atoms with Gasteiger partial charge in [-0.2, -0.15) is 15.0 Å². The molecule has 0 aliphatic rings. The molecule has 1 amide bonds. The average Bonchev–Trinajstić information content (AvgIpc) is 2.97. The van der Waals surface area contributed by atoms with Crippen LogP contribution in [0.3, 0.4) is 0 Å². The molecule has 2 heterocycles. The van der Waals surface area contributed by atoms with Crippen molar-refractivity contribution in [2.75, 3.05) is 11.2 Å². The van der Waals surface area contributed by atoms with E-state index in [0.717, 1.165) is 16.5 Å². The lowest BCUT2D eigenvalue weighted by atomic mass is 10.1. The molecule has 24 heavy (non-hydrogen) atoms. The number of aryl methyl sites for hydroxylation is 1. The van der Waals surface area contributed by atoms with Crippen molar-refractivity contribution in [1.29, 1.82) is 5.26 Å². The van der Waals surface area contributed by atoms with Crippen molar-refractivity contribution in [3.8, 4) is 11.9 Å². The summed E-state index contributed by atoms with van der Waals surface area (Å²) in [4.78, 5) is 16.5. The molecule has 7 heteroatoms. The number of carbonyl (C=O) groups excluding carboxylic acids is 1. The number of para-hydroxylation sites is 1. The first-order valence-electron chi connectivity index (χ1n) is 7.34. The quantitative estimate of drug-likeness (QED) is 0.740. The van der Waals surface area contributed by atoms with Gasteiger partial charge >= 0.3 is 0 Å². The topological polar surface area (TPSA) is 83.6 Å². The number of nitrogens with zero attached hydrogens (tertiary/aromatic N) is 4. The van der Waals surface area contributed by atoms with Crippen molar-refractivity contribution in [3.05, 3.63) is 47.7 Å². The number of nitrogens with one attached hydrogen (secondary N) is 1. The molecule has 0 atom stereocenters. The first-order valence-corrected chi connectivity index (χ1v) is 7.88. The molecule has 0 spiro atoms. The maximum atomic E-state index is 11.9. The van der Waals surface area contributed by atoms with Crippen LogP contribution < -0.4 is 5.32 Å². The lowest BCUT2D eigenvalue weighted by Crippen LogP contribution is -2.16. The molecule has 0 saturated carbocycles. The molecule has 2 aromatic heterocycles. The van der Waals surface area contributed by atoms with Gasteiger partial charge < -0.3 is 5.32 Å². The van der Waals surface area contributed by atoms with E-state index in [0.29, 0.717) is 11.6 Å². The molecule has 0 saturated heterocycles. The Hall–Kier alpha value is -2.91. The van der Waals surface area contributed by atoms with E-state index >= 15 is 0 Å². The Kier molecular flexibility index (Phi) is 4.45. The van der Waals surface area contributed by atoms with Crippen LogP contribution in [0, 0.1) is 18.3 Å². The zero-order valence-electron chi connectivity index (χ0n) is 13.0. The molecule has 0 bridgehead atoms. The third-order valence-corrected chi connectivity index (χ3v) is 3.78. The number of alkyl halides is 1. The summed E-state index contributed by atoms with van der Waals surface area (Å²) in [6.45, 7) is 1.98. The van der Waals surface area contributed by atoms with E-state index in [1.54, 1.807) is 0 Å². The summed E-state index contributed by atoms with van der Waals surface area (Å²) < 4.78 is 1.46. The van der Waals surface area contributed by atoms with Crippen LogP contribution in [0.15, 0.2) is 36.5 Å². The number of hydrogen-bond acceptors (Lipinski definition) is 4. The molecular weight excluding hydrogens is 326 g/mol. The van der Waals surface area contributed by atoms with Gasteiger partial charge in [-0.1, -0.05) is 18.2 Å². The Bertz CT molecular complexity index is 957. The number of fused-ring (bicyclic) bond motifs is 1. The average molecular weight is 340 g/mol. The second-order valence-corrected chi connectivity index (χ2v) is 5.61. The number of benzene rings is 1. The summed E-state index contributed by atoms with van der Waals surface area (Å²) in [6, 6.07) is 11.7. The van der Waals surface area contributed by atoms with Crippen molar-refractivity contribution >= 4 is 34.2 Å². The number of anilines is 1. The number of carbonyl (C=O) groups is 1. The van der Waals surface area contributed by atoms with Crippen LogP contribution in [0.1, 0.15) is 17.5 Å². The fraction of sp³-hybridized carbons (Fsp3) is 0.176. The Balaban J connectivity index is 2.11. The number of rotatable bonds is 4. The van der Waals surface area contributed by atoms with Crippen molar-refractivity contribution in [3.63, 3.8) is 0 Å². The van der Waals surface area contributed by atoms with Gasteiger partial charge in [0.25, 0.3) is 0 Å². The fourth-order valence-electron chi connectivity index (χ4n) is 2.44. The van der Waals surface area contributed by atoms with E-state index in [9.17, 15) is 10.1 Å². The number of halogens is 1. The lowest BCUT2D eigenvalue weighted by molar-refractivity contribution is -0.115. The zero-order chi connectivity index (χ0) is 17.1. The van der Waals surface area contributed by atoms with Gasteiger partial charge in [-0.05, 0) is 24.6 Å². The summed E-state index contributed by atoms with van der Waals surface area (Å²) in [6.07, 6.45) is 1.56. The van der Waals surface area contributed by atoms with Crippen LogP contribution >= 0.6 is 11.6 Å². The molecule has 1 N–H and O–H groups in total. The van der Waals surface area contributed by atoms with E-state index < -0.39 is 0 Å². The minimum atomic E-state index is -0.277. The SMILES string of the molecule is Cc1cc(-n2ncc(C#N)c2NC(=O)CCCl)nc2ccccc12. The maximum absolute atomic E-state index is 11.9. The van der Waals surface area contributed by atoms with Crippen LogP contribution in [0.2, 0.25) is 0 Å². The molecule has 0 aliphatic carbocycles. The smallest absolute Gasteiger partial charge is 0.226 e. The number of nitriles is 1. The molecule has 0 unspecified atom stereocenters. The van der Waals surface area contributed by atoms with Gasteiger partial charge in [0.1, 0.15) is 11.6 Å². The van der Waals surface area contributed by atoms with Crippen molar-refractivity contribution in [2.45, 2.75) is 13.3 Å². The predicted octanol–water partition coefficient (Wildman–Crippen LogP) is 3.17. The van der Waals surface area contributed by atoms with Gasteiger partial charge in [-0.25, -0.2) is 4.98 Å². The molecule has 120 valence electrons. The first kappa shape index (κ1) is 16.0. The Morgan fingerprint density at radius 2 is 2.21 bits per heavy atom. The van der Waals surface area contributed by atoms with Gasteiger partial charge in [0.2, 0.25) is 5.91 Å². The highest BCUT2D eigenvalue weighted by molar-refractivity contribution is 6.19. The summed E-state index contributed by atoms with van der Waals surface area (Å²) in [7, 11) is 0. The van der Waals surface area contributed by atoms with E-state index in [1.165, 1.54) is 10.9 Å². The van der Waals surface area contributed by atoms with Gasteiger partial charge in [0, 0.05) is 17.7 Å². The molecule has 3 rings (SSSR count). The summed E-state index contributed by atoms with van der Waals surface area (Å²) in [5.41, 5.74) is 2.12. The second-order valence-electron chi connectivity index (χ2n) is 5.23. The van der Waals surface area contributed by atoms with E-state index in [1.807, 2.05) is 43.3 Å². The van der Waals surface area contributed by atoms with E-state index in [4.69, 9.17) is 11.6 Å². The highest BCUT2D eigenvalue weighted by Gasteiger charge is 2.16. The molecule has 1 aromatic carbocycles.